The van der Waals surface area contributed by atoms with E-state index in [0.717, 1.165) is 0 Å². The first-order valence-electron chi connectivity index (χ1n) is 0. The molecule has 0 aliphatic rings. The minimum atomic E-state index is 0. The van der Waals surface area contributed by atoms with Crippen molar-refractivity contribution in [2.24, 2.45) is 0 Å². The van der Waals surface area contributed by atoms with Gasteiger partial charge in [0.15, 0.2) is 0 Å². The maximum absolute atomic E-state index is 0. The molecule has 0 rings (SSSR count). The zero-order valence-electron chi connectivity index (χ0n) is 5.79. The lowest BCUT2D eigenvalue weighted by Gasteiger charge is -0.871. The molecule has 0 aliphatic carbocycles. The van der Waals surface area contributed by atoms with Gasteiger partial charge in [0, 0.05) is 0 Å². The van der Waals surface area contributed by atoms with Crippen molar-refractivity contribution in [1.82, 2.24) is 0 Å². The van der Waals surface area contributed by atoms with Gasteiger partial charge < -0.3 is 21.9 Å². The Morgan fingerprint density at radius 3 is 0.250 bits per heavy atom. The van der Waals surface area contributed by atoms with Crippen molar-refractivity contribution in [3.63, 3.8) is 0 Å². The van der Waals surface area contributed by atoms with Crippen LogP contribution in [0.1, 0.15) is 0 Å². The van der Waals surface area contributed by atoms with Gasteiger partial charge in [0.1, 0.15) is 0 Å². The van der Waals surface area contributed by atoms with Gasteiger partial charge in [-0.2, -0.15) is 0 Å². The van der Waals surface area contributed by atoms with Gasteiger partial charge in [0.2, 0.25) is 0 Å². The van der Waals surface area contributed by atoms with Crippen LogP contribution in [-0.2, 0) is 0 Å². The Morgan fingerprint density at radius 1 is 0.250 bits per heavy atom. The summed E-state index contributed by atoms with van der Waals surface area (Å²) in [7, 11) is 0. The van der Waals surface area contributed by atoms with Crippen LogP contribution < -0.4 is 0 Å². The smallest absolute Gasteiger partial charge is 0.0395 e. The van der Waals surface area contributed by atoms with Crippen molar-refractivity contribution in [1.29, 1.82) is 0 Å². The molecule has 4 N–H and O–H groups in total. The molecule has 64 valence electrons. The fourth-order valence-corrected chi connectivity index (χ4v) is 0. The first-order valence-corrected chi connectivity index (χ1v) is 0. The molecule has 0 amide bonds. The van der Waals surface area contributed by atoms with Crippen molar-refractivity contribution in [2.45, 2.75) is 0 Å². The van der Waals surface area contributed by atoms with Gasteiger partial charge >= 0.3 is 0 Å². The second kappa shape index (κ2) is 201. The average molecular weight is 208 g/mol. The van der Waals surface area contributed by atoms with Crippen LogP contribution in [0.2, 0.25) is 0 Å². The normalized spacial score (nSPS) is 0. The molecule has 8 heavy (non-hydrogen) atoms. The highest BCUT2D eigenvalue weighted by molar-refractivity contribution is 6.92. The van der Waals surface area contributed by atoms with Crippen molar-refractivity contribution in [3.8, 4) is 0 Å². The Bertz CT molecular complexity index is 8.00. The summed E-state index contributed by atoms with van der Waals surface area (Å²) in [6.07, 6.45) is 0. The van der Waals surface area contributed by atoms with Crippen LogP contribution in [0.4, 0.5) is 0 Å². The van der Waals surface area contributed by atoms with E-state index < -0.39 is 0 Å². The topological polar surface area (TPSA) is 120 Å². The summed E-state index contributed by atoms with van der Waals surface area (Å²) >= 11 is 0. The molecule has 0 aromatic carbocycles. The van der Waals surface area contributed by atoms with Crippen molar-refractivity contribution >= 4 is 39.6 Å². The predicted molar refractivity (Wildman–Crippen MR) is 57.7 cm³/mol. The minimum Gasteiger partial charge on any atom is -0.870 e. The van der Waals surface area contributed by atoms with Gasteiger partial charge in [-0.1, -0.05) is 0 Å². The first kappa shape index (κ1) is 288. The summed E-state index contributed by atoms with van der Waals surface area (Å²) in [5.74, 6) is 0. The molecule has 0 fully saturated rings. The Hall–Kier alpha value is 1.56. The molecule has 0 aliphatic heterocycles. The van der Waals surface area contributed by atoms with Gasteiger partial charge in [-0.05, 0) is 39.6 Å². The Labute approximate surface area is 62.3 Å². The lowest BCUT2D eigenvalue weighted by Crippen LogP contribution is -0.290. The second-order valence-corrected chi connectivity index (χ2v) is 0. The molecule has 0 aromatic heterocycles. The minimum absolute atomic E-state index is 0. The SMILES string of the molecule is [OH-].[OH-].[OH-].[OH-].[PH4+].[PH4+].[PH4+].[PH4+]. The molecule has 0 saturated heterocycles. The summed E-state index contributed by atoms with van der Waals surface area (Å²) in [6.45, 7) is 0. The molecule has 0 radical (unpaired) electrons. The summed E-state index contributed by atoms with van der Waals surface area (Å²) in [6, 6.07) is 0. The van der Waals surface area contributed by atoms with Crippen LogP contribution in [0.15, 0.2) is 0 Å². The fourth-order valence-electron chi connectivity index (χ4n) is 0. The maximum Gasteiger partial charge on any atom is -0.0395 e. The molecular formula is H20O4P4. The predicted octanol–water partition coefficient (Wildman–Crippen LogP) is -1.55. The third-order valence-electron chi connectivity index (χ3n) is 0. The maximum atomic E-state index is 0. The van der Waals surface area contributed by atoms with Crippen LogP contribution in [0, 0.1) is 0 Å². The summed E-state index contributed by atoms with van der Waals surface area (Å²) in [5.41, 5.74) is 0. The van der Waals surface area contributed by atoms with Gasteiger partial charge in [-0.15, -0.1) is 0 Å². The highest BCUT2D eigenvalue weighted by Crippen LogP contribution is 0.864. The van der Waals surface area contributed by atoms with E-state index in [1.807, 2.05) is 0 Å². The van der Waals surface area contributed by atoms with E-state index in [2.05, 4.69) is 0 Å². The molecule has 4 nitrogen and oxygen atoms in total. The molecule has 0 bridgehead atoms. The largest absolute Gasteiger partial charge is 0.870 e. The van der Waals surface area contributed by atoms with Crippen molar-refractivity contribution in [3.05, 3.63) is 0 Å². The number of rotatable bonds is 0. The number of hydrogen-bond donors (Lipinski definition) is 0. The Kier molecular flexibility index (Phi) is 7230. The summed E-state index contributed by atoms with van der Waals surface area (Å²) in [4.78, 5) is 0. The second-order valence-electron chi connectivity index (χ2n) is 0. The zero-order chi connectivity index (χ0) is 0. The molecule has 0 heterocycles. The lowest BCUT2D eigenvalue weighted by molar-refractivity contribution is 0.823. The van der Waals surface area contributed by atoms with Crippen molar-refractivity contribution < 1.29 is 21.9 Å². The molecule has 0 saturated carbocycles. The van der Waals surface area contributed by atoms with E-state index in [9.17, 15) is 0 Å². The third-order valence-corrected chi connectivity index (χ3v) is 0. The molecule has 4 unspecified atom stereocenters. The molecule has 4 atom stereocenters. The molecule has 0 spiro atoms. The highest BCUT2D eigenvalue weighted by atomic mass is 31.0. The Morgan fingerprint density at radius 2 is 0.250 bits per heavy atom. The van der Waals surface area contributed by atoms with Gasteiger partial charge in [-0.3, -0.25) is 0 Å². The quantitative estimate of drug-likeness (QED) is 0.447. The van der Waals surface area contributed by atoms with E-state index in [1.165, 1.54) is 0 Å². The average Bonchev–Trinajstić information content (AvgIpc) is 0. The fraction of sp³-hybridized carbons (Fsp3) is 0. The van der Waals surface area contributed by atoms with Gasteiger partial charge in [-0.25, -0.2) is 0 Å². The molecular weight excluding hydrogens is 188 g/mol. The van der Waals surface area contributed by atoms with Crippen LogP contribution in [0.3, 0.4) is 0 Å². The van der Waals surface area contributed by atoms with Crippen LogP contribution >= 0.6 is 39.6 Å². The van der Waals surface area contributed by atoms with Crippen LogP contribution in [0.25, 0.3) is 0 Å². The van der Waals surface area contributed by atoms with E-state index in [-0.39, 0.29) is 61.5 Å². The highest BCUT2D eigenvalue weighted by Gasteiger charge is -0.0365. The first-order chi connectivity index (χ1) is 0. The zero-order valence-corrected chi connectivity index (χ0v) is 13.8. The van der Waals surface area contributed by atoms with E-state index in [0.29, 0.717) is 0 Å². The molecule has 0 aromatic rings. The number of hydrogen-bond acceptors (Lipinski definition) is 4. The van der Waals surface area contributed by atoms with Gasteiger partial charge in [0.25, 0.3) is 0 Å². The molecule has 8 heteroatoms. The van der Waals surface area contributed by atoms with Crippen LogP contribution in [0.5, 0.6) is 0 Å². The van der Waals surface area contributed by atoms with E-state index in [1.54, 1.807) is 0 Å². The Balaban J connectivity index is 0. The monoisotopic (exact) mass is 208 g/mol. The lowest BCUT2D eigenvalue weighted by atomic mass is 16.0. The van der Waals surface area contributed by atoms with Gasteiger partial charge in [0.05, 0.1) is 0 Å². The third kappa shape index (κ3) is 134. The van der Waals surface area contributed by atoms with Crippen LogP contribution in [-0.4, -0.2) is 21.9 Å². The standard InChI is InChI=1S/4H2O.4H3P/h4*1H2;4*1H3. The van der Waals surface area contributed by atoms with Crippen molar-refractivity contribution in [2.75, 3.05) is 0 Å². The van der Waals surface area contributed by atoms with E-state index >= 15 is 0 Å². The van der Waals surface area contributed by atoms with E-state index in [4.69, 9.17) is 0 Å². The summed E-state index contributed by atoms with van der Waals surface area (Å²) < 4.78 is 0. The summed E-state index contributed by atoms with van der Waals surface area (Å²) in [5, 5.41) is 0.